The lowest BCUT2D eigenvalue weighted by atomic mass is 10.1. The van der Waals surface area contributed by atoms with Gasteiger partial charge >= 0.3 is 5.97 Å². The number of benzene rings is 1. The molecule has 100 valence electrons. The highest BCUT2D eigenvalue weighted by atomic mass is 16.5. The average Bonchev–Trinajstić information content (AvgIpc) is 2.82. The van der Waals surface area contributed by atoms with Crippen LogP contribution in [0.2, 0.25) is 0 Å². The minimum Gasteiger partial charge on any atom is -0.466 e. The molecule has 0 amide bonds. The quantitative estimate of drug-likeness (QED) is 0.760. The monoisotopic (exact) mass is 258 g/mol. The number of fused-ring (bicyclic) bond motifs is 1. The number of carbonyl (C=O) groups excluding carboxylic acids is 1. The van der Waals surface area contributed by atoms with Gasteiger partial charge in [-0.2, -0.15) is 5.26 Å². The van der Waals surface area contributed by atoms with Crippen molar-refractivity contribution in [2.75, 3.05) is 24.6 Å². The predicted octanol–water partition coefficient (Wildman–Crippen LogP) is 2.26. The molecule has 1 heterocycles. The molecular formula is C15H18N2O2. The summed E-state index contributed by atoms with van der Waals surface area (Å²) < 4.78 is 4.91. The molecule has 0 fully saturated rings. The molecule has 1 aliphatic rings. The molecule has 19 heavy (non-hydrogen) atoms. The topological polar surface area (TPSA) is 53.3 Å². The lowest BCUT2D eigenvalue weighted by Gasteiger charge is -2.19. The Morgan fingerprint density at radius 1 is 1.53 bits per heavy atom. The molecule has 0 aliphatic carbocycles. The Balaban J connectivity index is 1.93. The van der Waals surface area contributed by atoms with Crippen molar-refractivity contribution in [2.45, 2.75) is 26.2 Å². The van der Waals surface area contributed by atoms with Crippen molar-refractivity contribution in [2.24, 2.45) is 0 Å². The van der Waals surface area contributed by atoms with Gasteiger partial charge in [0.1, 0.15) is 0 Å². The summed E-state index contributed by atoms with van der Waals surface area (Å²) in [6, 6.07) is 8.07. The number of carbonyl (C=O) groups is 1. The van der Waals surface area contributed by atoms with Crippen LogP contribution in [0.25, 0.3) is 0 Å². The first-order valence-corrected chi connectivity index (χ1v) is 6.68. The van der Waals surface area contributed by atoms with Crippen molar-refractivity contribution in [3.8, 4) is 6.07 Å². The lowest BCUT2D eigenvalue weighted by molar-refractivity contribution is -0.143. The second-order valence-corrected chi connectivity index (χ2v) is 4.56. The molecule has 0 saturated carbocycles. The second kappa shape index (κ2) is 6.24. The van der Waals surface area contributed by atoms with Crippen LogP contribution in [-0.2, 0) is 16.0 Å². The first kappa shape index (κ1) is 13.4. The van der Waals surface area contributed by atoms with Gasteiger partial charge in [-0.3, -0.25) is 4.79 Å². The van der Waals surface area contributed by atoms with Gasteiger partial charge in [-0.1, -0.05) is 6.07 Å². The van der Waals surface area contributed by atoms with Gasteiger partial charge in [0.05, 0.1) is 18.2 Å². The second-order valence-electron chi connectivity index (χ2n) is 4.56. The smallest absolute Gasteiger partial charge is 0.305 e. The Bertz CT molecular complexity index is 505. The van der Waals surface area contributed by atoms with Crippen molar-refractivity contribution in [3.63, 3.8) is 0 Å². The van der Waals surface area contributed by atoms with E-state index in [1.165, 1.54) is 0 Å². The summed E-state index contributed by atoms with van der Waals surface area (Å²) in [4.78, 5) is 13.5. The van der Waals surface area contributed by atoms with Gasteiger partial charge in [0.2, 0.25) is 0 Å². The molecule has 0 radical (unpaired) electrons. The lowest BCUT2D eigenvalue weighted by Crippen LogP contribution is -2.22. The van der Waals surface area contributed by atoms with Crippen LogP contribution in [0.1, 0.15) is 30.9 Å². The summed E-state index contributed by atoms with van der Waals surface area (Å²) in [5, 5.41) is 9.07. The van der Waals surface area contributed by atoms with Crippen molar-refractivity contribution < 1.29 is 9.53 Å². The average molecular weight is 258 g/mol. The molecule has 1 aromatic carbocycles. The van der Waals surface area contributed by atoms with E-state index in [0.29, 0.717) is 13.0 Å². The van der Waals surface area contributed by atoms with Gasteiger partial charge < -0.3 is 9.64 Å². The number of nitrogens with zero attached hydrogens (tertiary/aromatic N) is 2. The molecule has 0 aromatic heterocycles. The molecule has 1 aliphatic heterocycles. The van der Waals surface area contributed by atoms with E-state index in [-0.39, 0.29) is 5.97 Å². The maximum absolute atomic E-state index is 11.3. The number of ether oxygens (including phenoxy) is 1. The van der Waals surface area contributed by atoms with Crippen LogP contribution in [0.15, 0.2) is 18.2 Å². The third-order valence-electron chi connectivity index (χ3n) is 3.36. The molecule has 0 unspecified atom stereocenters. The Morgan fingerprint density at radius 3 is 3.11 bits per heavy atom. The van der Waals surface area contributed by atoms with Gasteiger partial charge in [-0.15, -0.1) is 0 Å². The van der Waals surface area contributed by atoms with E-state index in [2.05, 4.69) is 11.0 Å². The molecule has 0 bridgehead atoms. The number of esters is 1. The highest BCUT2D eigenvalue weighted by Crippen LogP contribution is 2.30. The summed E-state index contributed by atoms with van der Waals surface area (Å²) >= 11 is 0. The molecule has 0 spiro atoms. The van der Waals surface area contributed by atoms with Gasteiger partial charge in [-0.05, 0) is 37.5 Å². The fourth-order valence-electron chi connectivity index (χ4n) is 2.49. The fraction of sp³-hybridized carbons (Fsp3) is 0.467. The van der Waals surface area contributed by atoms with Gasteiger partial charge in [0.25, 0.3) is 0 Å². The fourth-order valence-corrected chi connectivity index (χ4v) is 2.49. The molecule has 0 saturated heterocycles. The largest absolute Gasteiger partial charge is 0.466 e. The van der Waals surface area contributed by atoms with Crippen LogP contribution in [0.3, 0.4) is 0 Å². The van der Waals surface area contributed by atoms with E-state index in [9.17, 15) is 4.79 Å². The summed E-state index contributed by atoms with van der Waals surface area (Å²) in [7, 11) is 0. The van der Waals surface area contributed by atoms with Crippen molar-refractivity contribution in [3.05, 3.63) is 29.3 Å². The van der Waals surface area contributed by atoms with Crippen molar-refractivity contribution in [1.82, 2.24) is 0 Å². The summed E-state index contributed by atoms with van der Waals surface area (Å²) in [6.45, 7) is 4.02. The third-order valence-corrected chi connectivity index (χ3v) is 3.36. The van der Waals surface area contributed by atoms with Gasteiger partial charge in [0.15, 0.2) is 0 Å². The summed E-state index contributed by atoms with van der Waals surface area (Å²) in [5.41, 5.74) is 3.05. The van der Waals surface area contributed by atoms with Crippen molar-refractivity contribution in [1.29, 1.82) is 5.26 Å². The van der Waals surface area contributed by atoms with E-state index in [1.807, 2.05) is 25.1 Å². The zero-order valence-corrected chi connectivity index (χ0v) is 11.2. The Hall–Kier alpha value is -2.02. The van der Waals surface area contributed by atoms with E-state index < -0.39 is 0 Å². The van der Waals surface area contributed by atoms with E-state index in [4.69, 9.17) is 10.00 Å². The normalized spacial score (nSPS) is 12.9. The van der Waals surface area contributed by atoms with Crippen LogP contribution in [0, 0.1) is 11.3 Å². The highest BCUT2D eigenvalue weighted by molar-refractivity contribution is 5.69. The molecule has 0 atom stereocenters. The maximum atomic E-state index is 11.3. The highest BCUT2D eigenvalue weighted by Gasteiger charge is 2.21. The molecule has 1 aromatic rings. The van der Waals surface area contributed by atoms with E-state index in [0.717, 1.165) is 42.7 Å². The number of nitriles is 1. The summed E-state index contributed by atoms with van der Waals surface area (Å²) in [5.74, 6) is -0.132. The number of hydrogen-bond acceptors (Lipinski definition) is 4. The zero-order chi connectivity index (χ0) is 13.7. The first-order chi connectivity index (χ1) is 9.26. The predicted molar refractivity (Wildman–Crippen MR) is 72.9 cm³/mol. The van der Waals surface area contributed by atoms with Crippen LogP contribution in [0.4, 0.5) is 5.69 Å². The van der Waals surface area contributed by atoms with Crippen LogP contribution < -0.4 is 4.90 Å². The molecule has 4 heteroatoms. The standard InChI is InChI=1S/C15H18N2O2/c1-2-19-15(18)7-4-9-17-10-8-13-12(11-16)5-3-6-14(13)17/h3,5-6H,2,4,7-10H2,1H3. The van der Waals surface area contributed by atoms with Gasteiger partial charge in [-0.25, -0.2) is 0 Å². The number of rotatable bonds is 5. The van der Waals surface area contributed by atoms with Crippen LogP contribution in [-0.4, -0.2) is 25.7 Å². The first-order valence-electron chi connectivity index (χ1n) is 6.68. The summed E-state index contributed by atoms with van der Waals surface area (Å²) in [6.07, 6.45) is 2.16. The molecule has 4 nitrogen and oxygen atoms in total. The zero-order valence-electron chi connectivity index (χ0n) is 11.2. The minimum atomic E-state index is -0.132. The van der Waals surface area contributed by atoms with E-state index >= 15 is 0 Å². The van der Waals surface area contributed by atoms with Crippen LogP contribution >= 0.6 is 0 Å². The number of hydrogen-bond donors (Lipinski definition) is 0. The molecule has 0 N–H and O–H groups in total. The van der Waals surface area contributed by atoms with Crippen molar-refractivity contribution >= 4 is 11.7 Å². The number of anilines is 1. The van der Waals surface area contributed by atoms with Crippen LogP contribution in [0.5, 0.6) is 0 Å². The Morgan fingerprint density at radius 2 is 2.37 bits per heavy atom. The maximum Gasteiger partial charge on any atom is 0.305 e. The Labute approximate surface area is 113 Å². The Kier molecular flexibility index (Phi) is 4.40. The molecular weight excluding hydrogens is 240 g/mol. The van der Waals surface area contributed by atoms with Gasteiger partial charge in [0, 0.05) is 25.2 Å². The minimum absolute atomic E-state index is 0.132. The molecule has 2 rings (SSSR count). The third kappa shape index (κ3) is 3.05. The SMILES string of the molecule is CCOC(=O)CCCN1CCc2c(C#N)cccc21. The van der Waals surface area contributed by atoms with E-state index in [1.54, 1.807) is 0 Å².